The third-order valence-electron chi connectivity index (χ3n) is 3.21. The van der Waals surface area contributed by atoms with Crippen molar-refractivity contribution in [2.24, 2.45) is 0 Å². The van der Waals surface area contributed by atoms with Gasteiger partial charge in [0.2, 0.25) is 0 Å². The van der Waals surface area contributed by atoms with E-state index in [1.807, 2.05) is 24.3 Å². The fraction of sp³-hybridized carbons (Fsp3) is 0.312. The van der Waals surface area contributed by atoms with Crippen LogP contribution in [0.4, 0.5) is 0 Å². The molecule has 0 bridgehead atoms. The summed E-state index contributed by atoms with van der Waals surface area (Å²) >= 11 is 0. The van der Waals surface area contributed by atoms with Gasteiger partial charge >= 0.3 is 0 Å². The van der Waals surface area contributed by atoms with Gasteiger partial charge in [0, 0.05) is 31.9 Å². The minimum absolute atomic E-state index is 0.0189. The smallest absolute Gasteiger partial charge is 0.250 e. The molecule has 21 heavy (non-hydrogen) atoms. The zero-order valence-corrected chi connectivity index (χ0v) is 12.3. The number of benzene rings is 1. The molecule has 1 heterocycles. The molecule has 0 spiro atoms. The van der Waals surface area contributed by atoms with Crippen molar-refractivity contribution in [2.45, 2.75) is 13.1 Å². The maximum Gasteiger partial charge on any atom is 0.250 e. The van der Waals surface area contributed by atoms with E-state index in [0.29, 0.717) is 13.1 Å². The maximum atomic E-state index is 11.5. The number of hydrogen-bond donors (Lipinski definition) is 1. The van der Waals surface area contributed by atoms with Crippen LogP contribution in [0.15, 0.2) is 47.4 Å². The van der Waals surface area contributed by atoms with Crippen LogP contribution in [-0.4, -0.2) is 25.3 Å². The fourth-order valence-electron chi connectivity index (χ4n) is 2.07. The topological polar surface area (TPSA) is 52.5 Å². The highest BCUT2D eigenvalue weighted by Crippen LogP contribution is 2.27. The van der Waals surface area contributed by atoms with Gasteiger partial charge in [-0.1, -0.05) is 12.1 Å². The Labute approximate surface area is 124 Å². The van der Waals surface area contributed by atoms with Crippen LogP contribution in [0.3, 0.4) is 0 Å². The number of nitrogens with one attached hydrogen (secondary N) is 1. The highest BCUT2D eigenvalue weighted by molar-refractivity contribution is 5.42. The largest absolute Gasteiger partial charge is 0.493 e. The molecule has 5 heteroatoms. The lowest BCUT2D eigenvalue weighted by Crippen LogP contribution is -2.25. The average molecular weight is 288 g/mol. The van der Waals surface area contributed by atoms with E-state index in [-0.39, 0.29) is 5.56 Å². The van der Waals surface area contributed by atoms with Gasteiger partial charge in [0.25, 0.3) is 5.56 Å². The molecule has 0 unspecified atom stereocenters. The first-order chi connectivity index (χ1) is 10.2. The van der Waals surface area contributed by atoms with E-state index in [4.69, 9.17) is 9.47 Å². The van der Waals surface area contributed by atoms with E-state index in [9.17, 15) is 4.79 Å². The molecule has 1 aromatic heterocycles. The van der Waals surface area contributed by atoms with Crippen LogP contribution in [0.1, 0.15) is 5.56 Å². The Morgan fingerprint density at radius 1 is 1.10 bits per heavy atom. The van der Waals surface area contributed by atoms with Gasteiger partial charge in [0.05, 0.1) is 14.2 Å². The molecule has 0 saturated heterocycles. The minimum atomic E-state index is 0.0189. The normalized spacial score (nSPS) is 10.4. The van der Waals surface area contributed by atoms with Crippen molar-refractivity contribution in [1.82, 2.24) is 9.88 Å². The Morgan fingerprint density at radius 3 is 2.62 bits per heavy atom. The lowest BCUT2D eigenvalue weighted by atomic mass is 10.2. The van der Waals surface area contributed by atoms with E-state index >= 15 is 0 Å². The number of nitrogens with zero attached hydrogens (tertiary/aromatic N) is 1. The third-order valence-corrected chi connectivity index (χ3v) is 3.21. The van der Waals surface area contributed by atoms with Crippen molar-refractivity contribution in [2.75, 3.05) is 20.8 Å². The van der Waals surface area contributed by atoms with Gasteiger partial charge in [-0.25, -0.2) is 0 Å². The molecule has 1 aromatic carbocycles. The molecule has 112 valence electrons. The van der Waals surface area contributed by atoms with Gasteiger partial charge in [-0.05, 0) is 23.8 Å². The summed E-state index contributed by atoms with van der Waals surface area (Å²) in [5, 5.41) is 3.31. The second-order valence-corrected chi connectivity index (χ2v) is 4.60. The van der Waals surface area contributed by atoms with E-state index in [1.54, 1.807) is 37.1 Å². The van der Waals surface area contributed by atoms with Crippen molar-refractivity contribution in [3.63, 3.8) is 0 Å². The summed E-state index contributed by atoms with van der Waals surface area (Å²) in [4.78, 5) is 11.5. The lowest BCUT2D eigenvalue weighted by molar-refractivity contribution is 0.354. The average Bonchev–Trinajstić information content (AvgIpc) is 2.52. The maximum absolute atomic E-state index is 11.5. The van der Waals surface area contributed by atoms with Crippen LogP contribution in [0.2, 0.25) is 0 Å². The van der Waals surface area contributed by atoms with Gasteiger partial charge in [-0.15, -0.1) is 0 Å². The minimum Gasteiger partial charge on any atom is -0.493 e. The van der Waals surface area contributed by atoms with Gasteiger partial charge in [0.1, 0.15) is 0 Å². The molecule has 0 saturated carbocycles. The van der Waals surface area contributed by atoms with E-state index in [0.717, 1.165) is 23.6 Å². The van der Waals surface area contributed by atoms with Crippen molar-refractivity contribution in [3.05, 3.63) is 58.5 Å². The number of aromatic nitrogens is 1. The number of rotatable bonds is 7. The van der Waals surface area contributed by atoms with Crippen molar-refractivity contribution < 1.29 is 9.47 Å². The number of pyridine rings is 1. The summed E-state index contributed by atoms with van der Waals surface area (Å²) in [7, 11) is 3.24. The summed E-state index contributed by atoms with van der Waals surface area (Å²) in [6.07, 6.45) is 1.79. The molecule has 0 atom stereocenters. The molecule has 0 fully saturated rings. The quantitative estimate of drug-likeness (QED) is 0.787. The first-order valence-electron chi connectivity index (χ1n) is 6.81. The molecule has 0 amide bonds. The lowest BCUT2D eigenvalue weighted by Gasteiger charge is -2.10. The highest BCUT2D eigenvalue weighted by atomic mass is 16.5. The molecule has 0 aliphatic carbocycles. The van der Waals surface area contributed by atoms with Crippen LogP contribution >= 0.6 is 0 Å². The zero-order chi connectivity index (χ0) is 15.1. The van der Waals surface area contributed by atoms with Crippen LogP contribution in [0.25, 0.3) is 0 Å². The molecule has 0 aliphatic heterocycles. The van der Waals surface area contributed by atoms with Crippen LogP contribution < -0.4 is 20.3 Å². The van der Waals surface area contributed by atoms with Gasteiger partial charge < -0.3 is 19.4 Å². The third kappa shape index (κ3) is 4.10. The van der Waals surface area contributed by atoms with E-state index in [1.165, 1.54) is 0 Å². The fourth-order valence-corrected chi connectivity index (χ4v) is 2.07. The summed E-state index contributed by atoms with van der Waals surface area (Å²) < 4.78 is 12.2. The Kier molecular flexibility index (Phi) is 5.40. The summed E-state index contributed by atoms with van der Waals surface area (Å²) in [6.45, 7) is 2.08. The SMILES string of the molecule is COc1ccc(CNCCn2ccccc2=O)cc1OC. The second-order valence-electron chi connectivity index (χ2n) is 4.60. The van der Waals surface area contributed by atoms with Gasteiger partial charge in [-0.3, -0.25) is 4.79 Å². The number of methoxy groups -OCH3 is 2. The molecule has 0 aliphatic rings. The predicted molar refractivity (Wildman–Crippen MR) is 82.0 cm³/mol. The van der Waals surface area contributed by atoms with Crippen LogP contribution in [-0.2, 0) is 13.1 Å². The molecule has 5 nitrogen and oxygen atoms in total. The zero-order valence-electron chi connectivity index (χ0n) is 12.3. The Morgan fingerprint density at radius 2 is 1.90 bits per heavy atom. The van der Waals surface area contributed by atoms with Gasteiger partial charge in [0.15, 0.2) is 11.5 Å². The second kappa shape index (κ2) is 7.50. The standard InChI is InChI=1S/C16H20N2O3/c1-20-14-7-6-13(11-15(14)21-2)12-17-8-10-18-9-4-3-5-16(18)19/h3-7,9,11,17H,8,10,12H2,1-2H3. The van der Waals surface area contributed by atoms with Crippen LogP contribution in [0.5, 0.6) is 11.5 Å². The Balaban J connectivity index is 1.86. The molecule has 2 rings (SSSR count). The predicted octanol–water partition coefficient (Wildman–Crippen LogP) is 1.66. The number of hydrogen-bond acceptors (Lipinski definition) is 4. The summed E-state index contributed by atoms with van der Waals surface area (Å²) in [5.74, 6) is 1.44. The monoisotopic (exact) mass is 288 g/mol. The van der Waals surface area contributed by atoms with Crippen molar-refractivity contribution in [1.29, 1.82) is 0 Å². The first-order valence-corrected chi connectivity index (χ1v) is 6.81. The van der Waals surface area contributed by atoms with Crippen LogP contribution in [0, 0.1) is 0 Å². The van der Waals surface area contributed by atoms with Crippen molar-refractivity contribution >= 4 is 0 Å². The molecular weight excluding hydrogens is 268 g/mol. The number of ether oxygens (including phenoxy) is 2. The molecule has 2 aromatic rings. The van der Waals surface area contributed by atoms with E-state index < -0.39 is 0 Å². The Hall–Kier alpha value is -2.27. The summed E-state index contributed by atoms with van der Waals surface area (Å²) in [6, 6.07) is 11.0. The van der Waals surface area contributed by atoms with Crippen molar-refractivity contribution in [3.8, 4) is 11.5 Å². The van der Waals surface area contributed by atoms with Gasteiger partial charge in [-0.2, -0.15) is 0 Å². The van der Waals surface area contributed by atoms with E-state index in [2.05, 4.69) is 5.32 Å². The first kappa shape index (κ1) is 15.1. The highest BCUT2D eigenvalue weighted by Gasteiger charge is 2.04. The molecule has 0 radical (unpaired) electrons. The Bertz CT molecular complexity index is 637. The molecular formula is C16H20N2O3. The molecule has 1 N–H and O–H groups in total. The summed E-state index contributed by atoms with van der Waals surface area (Å²) in [5.41, 5.74) is 1.12.